The zero-order chi connectivity index (χ0) is 9.47. The number of rotatable bonds is 0. The predicted molar refractivity (Wildman–Crippen MR) is 53.5 cm³/mol. The highest BCUT2D eigenvalue weighted by atomic mass is 16.1. The average Bonchev–Trinajstić information content (AvgIpc) is 2.07. The Balaban J connectivity index is 2.20. The van der Waals surface area contributed by atoms with E-state index in [2.05, 4.69) is 13.8 Å². The third-order valence-electron chi connectivity index (χ3n) is 4.26. The topological polar surface area (TPSA) is 17.1 Å². The van der Waals surface area contributed by atoms with Gasteiger partial charge in [0.2, 0.25) is 0 Å². The normalized spacial score (nSPS) is 45.8. The Kier molecular flexibility index (Phi) is 2.21. The molecule has 0 radical (unpaired) electrons. The summed E-state index contributed by atoms with van der Waals surface area (Å²) in [6.45, 7) is 4.44. The Labute approximate surface area is 80.9 Å². The van der Waals surface area contributed by atoms with Crippen molar-refractivity contribution in [1.29, 1.82) is 0 Å². The van der Waals surface area contributed by atoms with Gasteiger partial charge in [-0.15, -0.1) is 0 Å². The van der Waals surface area contributed by atoms with Gasteiger partial charge in [-0.3, -0.25) is 4.79 Å². The second kappa shape index (κ2) is 3.11. The molecule has 3 atom stereocenters. The number of fused-ring (bicyclic) bond motifs is 1. The van der Waals surface area contributed by atoms with Crippen LogP contribution in [0, 0.1) is 17.3 Å². The molecule has 0 aromatic rings. The van der Waals surface area contributed by atoms with Crippen LogP contribution in [0.5, 0.6) is 0 Å². The van der Waals surface area contributed by atoms with Crippen LogP contribution in [-0.2, 0) is 4.79 Å². The molecule has 0 aromatic carbocycles. The molecule has 2 saturated carbocycles. The molecule has 2 aliphatic rings. The first-order valence-corrected chi connectivity index (χ1v) is 5.66. The highest BCUT2D eigenvalue weighted by Crippen LogP contribution is 2.49. The first-order valence-electron chi connectivity index (χ1n) is 5.66. The zero-order valence-electron chi connectivity index (χ0n) is 8.81. The van der Waals surface area contributed by atoms with Crippen LogP contribution >= 0.6 is 0 Å². The molecular weight excluding hydrogens is 160 g/mol. The average molecular weight is 180 g/mol. The van der Waals surface area contributed by atoms with Crippen molar-refractivity contribution in [3.05, 3.63) is 0 Å². The van der Waals surface area contributed by atoms with Crippen LogP contribution in [0.2, 0.25) is 0 Å². The summed E-state index contributed by atoms with van der Waals surface area (Å²) in [4.78, 5) is 12.0. The van der Waals surface area contributed by atoms with Crippen LogP contribution in [0.25, 0.3) is 0 Å². The number of carbonyl (C=O) groups is 1. The summed E-state index contributed by atoms with van der Waals surface area (Å²) in [6, 6.07) is 0. The molecule has 0 spiro atoms. The molecule has 0 bridgehead atoms. The molecule has 1 nitrogen and oxygen atoms in total. The first-order chi connectivity index (χ1) is 6.13. The summed E-state index contributed by atoms with van der Waals surface area (Å²) in [7, 11) is 0. The number of Topliss-reactive ketones (excluding diaryl/α,β-unsaturated/α-hetero) is 1. The molecule has 2 fully saturated rings. The lowest BCUT2D eigenvalue weighted by Gasteiger charge is -2.45. The van der Waals surface area contributed by atoms with Gasteiger partial charge < -0.3 is 0 Å². The molecule has 0 aromatic heterocycles. The predicted octanol–water partition coefficient (Wildman–Crippen LogP) is 3.18. The monoisotopic (exact) mass is 180 g/mol. The summed E-state index contributed by atoms with van der Waals surface area (Å²) in [6.07, 6.45) is 7.21. The molecule has 74 valence electrons. The summed E-state index contributed by atoms with van der Waals surface area (Å²) >= 11 is 0. The minimum Gasteiger partial charge on any atom is -0.299 e. The highest BCUT2D eigenvalue weighted by Gasteiger charge is 2.45. The van der Waals surface area contributed by atoms with Crippen LogP contribution in [0.1, 0.15) is 52.4 Å². The maximum absolute atomic E-state index is 12.0. The Hall–Kier alpha value is -0.330. The number of hydrogen-bond donors (Lipinski definition) is 0. The molecule has 1 heteroatoms. The van der Waals surface area contributed by atoms with Crippen LogP contribution in [0.15, 0.2) is 0 Å². The zero-order valence-corrected chi connectivity index (χ0v) is 8.81. The highest BCUT2D eigenvalue weighted by molar-refractivity contribution is 5.85. The van der Waals surface area contributed by atoms with Crippen LogP contribution in [0.3, 0.4) is 0 Å². The Morgan fingerprint density at radius 2 is 2.15 bits per heavy atom. The molecular formula is C12H20O. The summed E-state index contributed by atoms with van der Waals surface area (Å²) in [5, 5.41) is 0. The van der Waals surface area contributed by atoms with Gasteiger partial charge >= 0.3 is 0 Å². The second-order valence-electron chi connectivity index (χ2n) is 5.33. The Morgan fingerprint density at radius 1 is 1.38 bits per heavy atom. The van der Waals surface area contributed by atoms with Gasteiger partial charge in [-0.2, -0.15) is 0 Å². The molecule has 13 heavy (non-hydrogen) atoms. The van der Waals surface area contributed by atoms with Crippen molar-refractivity contribution < 1.29 is 4.79 Å². The SMILES string of the molecule is CC1CC(=O)C2(C)CCCCC2C1. The molecule has 0 N–H and O–H groups in total. The minimum absolute atomic E-state index is 0.0742. The van der Waals surface area contributed by atoms with Crippen molar-refractivity contribution in [1.82, 2.24) is 0 Å². The molecule has 0 heterocycles. The van der Waals surface area contributed by atoms with Gasteiger partial charge in [0.1, 0.15) is 5.78 Å². The quantitative estimate of drug-likeness (QED) is 0.559. The van der Waals surface area contributed by atoms with Crippen LogP contribution in [0.4, 0.5) is 0 Å². The van der Waals surface area contributed by atoms with E-state index in [1.807, 2.05) is 0 Å². The molecule has 0 aliphatic heterocycles. The summed E-state index contributed by atoms with van der Waals surface area (Å²) in [5.74, 6) is 1.90. The van der Waals surface area contributed by atoms with Crippen molar-refractivity contribution in [3.8, 4) is 0 Å². The lowest BCUT2D eigenvalue weighted by molar-refractivity contribution is -0.138. The van der Waals surface area contributed by atoms with Gasteiger partial charge in [-0.05, 0) is 31.1 Å². The fourth-order valence-corrected chi connectivity index (χ4v) is 3.27. The smallest absolute Gasteiger partial charge is 0.139 e. The van der Waals surface area contributed by atoms with Gasteiger partial charge in [0.25, 0.3) is 0 Å². The number of hydrogen-bond acceptors (Lipinski definition) is 1. The van der Waals surface area contributed by atoms with Crippen molar-refractivity contribution >= 4 is 5.78 Å². The Bertz CT molecular complexity index is 221. The van der Waals surface area contributed by atoms with E-state index in [4.69, 9.17) is 0 Å². The van der Waals surface area contributed by atoms with E-state index in [1.165, 1.54) is 25.7 Å². The van der Waals surface area contributed by atoms with Gasteiger partial charge in [0.05, 0.1) is 0 Å². The lowest BCUT2D eigenvalue weighted by Crippen LogP contribution is -2.43. The number of ketones is 1. The van der Waals surface area contributed by atoms with E-state index in [0.29, 0.717) is 17.6 Å². The van der Waals surface area contributed by atoms with E-state index in [-0.39, 0.29) is 5.41 Å². The van der Waals surface area contributed by atoms with Crippen molar-refractivity contribution in [2.24, 2.45) is 17.3 Å². The maximum atomic E-state index is 12.0. The fraction of sp³-hybridized carbons (Fsp3) is 0.917. The van der Waals surface area contributed by atoms with E-state index in [9.17, 15) is 4.79 Å². The summed E-state index contributed by atoms with van der Waals surface area (Å²) in [5.41, 5.74) is 0.0742. The van der Waals surface area contributed by atoms with Gasteiger partial charge in [-0.25, -0.2) is 0 Å². The number of carbonyl (C=O) groups excluding carboxylic acids is 1. The van der Waals surface area contributed by atoms with Gasteiger partial charge in [-0.1, -0.05) is 26.7 Å². The van der Waals surface area contributed by atoms with Gasteiger partial charge in [0, 0.05) is 11.8 Å². The van der Waals surface area contributed by atoms with E-state index in [0.717, 1.165) is 12.8 Å². The van der Waals surface area contributed by atoms with Gasteiger partial charge in [0.15, 0.2) is 0 Å². The summed E-state index contributed by atoms with van der Waals surface area (Å²) < 4.78 is 0. The van der Waals surface area contributed by atoms with Crippen molar-refractivity contribution in [2.75, 3.05) is 0 Å². The standard InChI is InChI=1S/C12H20O/c1-9-7-10-5-3-4-6-12(10,2)11(13)8-9/h9-10H,3-8H2,1-2H3. The van der Waals surface area contributed by atoms with Crippen LogP contribution < -0.4 is 0 Å². The molecule has 3 unspecified atom stereocenters. The fourth-order valence-electron chi connectivity index (χ4n) is 3.27. The molecule has 2 aliphatic carbocycles. The largest absolute Gasteiger partial charge is 0.299 e. The third-order valence-corrected chi connectivity index (χ3v) is 4.26. The Morgan fingerprint density at radius 3 is 2.92 bits per heavy atom. The van der Waals surface area contributed by atoms with E-state index in [1.54, 1.807) is 0 Å². The third kappa shape index (κ3) is 1.43. The molecule has 0 amide bonds. The maximum Gasteiger partial charge on any atom is 0.139 e. The molecule has 0 saturated heterocycles. The van der Waals surface area contributed by atoms with E-state index < -0.39 is 0 Å². The van der Waals surface area contributed by atoms with Crippen molar-refractivity contribution in [2.45, 2.75) is 52.4 Å². The lowest BCUT2D eigenvalue weighted by atomic mass is 9.58. The van der Waals surface area contributed by atoms with Crippen LogP contribution in [-0.4, -0.2) is 5.78 Å². The second-order valence-corrected chi connectivity index (χ2v) is 5.33. The van der Waals surface area contributed by atoms with E-state index >= 15 is 0 Å². The molecule has 2 rings (SSSR count). The first kappa shape index (κ1) is 9.23. The van der Waals surface area contributed by atoms with Crippen molar-refractivity contribution in [3.63, 3.8) is 0 Å². The minimum atomic E-state index is 0.0742.